The summed E-state index contributed by atoms with van der Waals surface area (Å²) in [5.74, 6) is 0.600. The second-order valence-electron chi connectivity index (χ2n) is 4.35. The first kappa shape index (κ1) is 12.1. The summed E-state index contributed by atoms with van der Waals surface area (Å²) in [6, 6.07) is 3.66. The number of aliphatic hydroxyl groups is 1. The third-order valence-electron chi connectivity index (χ3n) is 2.78. The molecule has 0 saturated heterocycles. The summed E-state index contributed by atoms with van der Waals surface area (Å²) < 4.78 is 0. The molecule has 84 valence electrons. The van der Waals surface area contributed by atoms with Gasteiger partial charge in [-0.05, 0) is 48.1 Å². The van der Waals surface area contributed by atoms with Crippen LogP contribution in [0.4, 0.5) is 0 Å². The number of rotatable bonds is 3. The van der Waals surface area contributed by atoms with Crippen LogP contribution < -0.4 is 0 Å². The average Bonchev–Trinajstić information content (AvgIpc) is 2.16. The minimum atomic E-state index is -0.428. The van der Waals surface area contributed by atoms with Gasteiger partial charge in [0.15, 0.2) is 0 Å². The van der Waals surface area contributed by atoms with Gasteiger partial charge in [-0.1, -0.05) is 20.8 Å². The van der Waals surface area contributed by atoms with Gasteiger partial charge >= 0.3 is 0 Å². The topological polar surface area (TPSA) is 40.5 Å². The van der Waals surface area contributed by atoms with Gasteiger partial charge in [0.1, 0.15) is 5.75 Å². The van der Waals surface area contributed by atoms with Crippen LogP contribution in [0.25, 0.3) is 0 Å². The largest absolute Gasteiger partial charge is 0.508 e. The molecule has 0 aliphatic rings. The highest BCUT2D eigenvalue weighted by molar-refractivity contribution is 5.43. The molecule has 2 N–H and O–H groups in total. The summed E-state index contributed by atoms with van der Waals surface area (Å²) in [6.07, 6.45) is 0.270. The molecule has 0 aliphatic carbocycles. The fraction of sp³-hybridized carbons (Fsp3) is 0.538. The summed E-state index contributed by atoms with van der Waals surface area (Å²) >= 11 is 0. The van der Waals surface area contributed by atoms with E-state index < -0.39 is 6.10 Å². The first-order valence-corrected chi connectivity index (χ1v) is 5.48. The Labute approximate surface area is 91.6 Å². The minimum absolute atomic E-state index is 0.272. The van der Waals surface area contributed by atoms with Crippen molar-refractivity contribution in [3.05, 3.63) is 28.8 Å². The highest BCUT2D eigenvalue weighted by Gasteiger charge is 2.13. The molecule has 15 heavy (non-hydrogen) atoms. The van der Waals surface area contributed by atoms with Gasteiger partial charge in [0.2, 0.25) is 0 Å². The molecule has 1 aromatic carbocycles. The average molecular weight is 208 g/mol. The standard InChI is InChI=1S/C13H20O2/c1-5-12(14)11-7-10(8(2)3)13(15)6-9(11)4/h6-8,12,14-15H,5H2,1-4H3. The number of benzene rings is 1. The quantitative estimate of drug-likeness (QED) is 0.800. The van der Waals surface area contributed by atoms with E-state index in [2.05, 4.69) is 0 Å². The fourth-order valence-corrected chi connectivity index (χ4v) is 1.77. The van der Waals surface area contributed by atoms with Gasteiger partial charge in [-0.15, -0.1) is 0 Å². The van der Waals surface area contributed by atoms with Gasteiger partial charge in [0.25, 0.3) is 0 Å². The van der Waals surface area contributed by atoms with Crippen LogP contribution in [0.3, 0.4) is 0 Å². The SMILES string of the molecule is CCC(O)c1cc(C(C)C)c(O)cc1C. The van der Waals surface area contributed by atoms with Crippen LogP contribution in [-0.4, -0.2) is 10.2 Å². The zero-order valence-electron chi connectivity index (χ0n) is 9.91. The maximum atomic E-state index is 9.83. The number of phenolic OH excluding ortho intramolecular Hbond substituents is 1. The monoisotopic (exact) mass is 208 g/mol. The minimum Gasteiger partial charge on any atom is -0.508 e. The van der Waals surface area contributed by atoms with Gasteiger partial charge in [0.05, 0.1) is 6.10 Å². The van der Waals surface area contributed by atoms with Crippen molar-refractivity contribution in [1.82, 2.24) is 0 Å². The molecule has 0 spiro atoms. The molecule has 1 aromatic rings. The number of aryl methyl sites for hydroxylation is 1. The lowest BCUT2D eigenvalue weighted by Gasteiger charge is -2.16. The van der Waals surface area contributed by atoms with E-state index in [1.807, 2.05) is 33.8 Å². The molecule has 0 aliphatic heterocycles. The van der Waals surface area contributed by atoms with E-state index in [-0.39, 0.29) is 5.92 Å². The zero-order chi connectivity index (χ0) is 11.6. The van der Waals surface area contributed by atoms with Crippen LogP contribution in [-0.2, 0) is 0 Å². The molecule has 2 nitrogen and oxygen atoms in total. The smallest absolute Gasteiger partial charge is 0.119 e. The predicted octanol–water partition coefficient (Wildman–Crippen LogP) is 3.27. The lowest BCUT2D eigenvalue weighted by Crippen LogP contribution is -2.01. The first-order valence-electron chi connectivity index (χ1n) is 5.48. The summed E-state index contributed by atoms with van der Waals surface area (Å²) in [6.45, 7) is 7.93. The van der Waals surface area contributed by atoms with Crippen LogP contribution >= 0.6 is 0 Å². The van der Waals surface area contributed by atoms with E-state index in [1.165, 1.54) is 0 Å². The molecule has 1 atom stereocenters. The van der Waals surface area contributed by atoms with Gasteiger partial charge in [0, 0.05) is 0 Å². The Morgan fingerprint density at radius 1 is 1.20 bits per heavy atom. The molecule has 1 unspecified atom stereocenters. The zero-order valence-corrected chi connectivity index (χ0v) is 9.91. The molecule has 0 amide bonds. The Morgan fingerprint density at radius 2 is 1.80 bits per heavy atom. The van der Waals surface area contributed by atoms with Crippen molar-refractivity contribution >= 4 is 0 Å². The maximum Gasteiger partial charge on any atom is 0.119 e. The van der Waals surface area contributed by atoms with E-state index in [4.69, 9.17) is 0 Å². The van der Waals surface area contributed by atoms with Crippen LogP contribution in [0.2, 0.25) is 0 Å². The molecule has 2 heteroatoms. The summed E-state index contributed by atoms with van der Waals surface area (Å²) in [5, 5.41) is 19.6. The molecule has 0 heterocycles. The molecule has 0 bridgehead atoms. The Balaban J connectivity index is 3.23. The van der Waals surface area contributed by atoms with Crippen LogP contribution in [0.1, 0.15) is 55.9 Å². The summed E-state index contributed by atoms with van der Waals surface area (Å²) in [5.41, 5.74) is 2.79. The van der Waals surface area contributed by atoms with Crippen LogP contribution in [0, 0.1) is 6.92 Å². The predicted molar refractivity (Wildman–Crippen MR) is 62.2 cm³/mol. The van der Waals surface area contributed by atoms with Crippen LogP contribution in [0.15, 0.2) is 12.1 Å². The molecule has 1 rings (SSSR count). The lowest BCUT2D eigenvalue weighted by atomic mass is 9.93. The second-order valence-corrected chi connectivity index (χ2v) is 4.35. The number of aliphatic hydroxyl groups excluding tert-OH is 1. The summed E-state index contributed by atoms with van der Waals surface area (Å²) in [4.78, 5) is 0. The fourth-order valence-electron chi connectivity index (χ4n) is 1.77. The van der Waals surface area contributed by atoms with E-state index in [1.54, 1.807) is 6.07 Å². The lowest BCUT2D eigenvalue weighted by molar-refractivity contribution is 0.172. The van der Waals surface area contributed by atoms with Crippen molar-refractivity contribution in [3.63, 3.8) is 0 Å². The van der Waals surface area contributed by atoms with Crippen molar-refractivity contribution in [2.24, 2.45) is 0 Å². The van der Waals surface area contributed by atoms with Gasteiger partial charge < -0.3 is 10.2 Å². The first-order chi connectivity index (χ1) is 6.97. The van der Waals surface area contributed by atoms with E-state index in [9.17, 15) is 10.2 Å². The molecular weight excluding hydrogens is 188 g/mol. The Kier molecular flexibility index (Phi) is 3.75. The molecule has 0 saturated carbocycles. The maximum absolute atomic E-state index is 9.83. The number of hydrogen-bond acceptors (Lipinski definition) is 2. The summed E-state index contributed by atoms with van der Waals surface area (Å²) in [7, 11) is 0. The molecular formula is C13H20O2. The third-order valence-corrected chi connectivity index (χ3v) is 2.78. The van der Waals surface area contributed by atoms with Crippen molar-refractivity contribution in [2.45, 2.75) is 46.1 Å². The normalized spacial score (nSPS) is 13.2. The Bertz CT molecular complexity index is 343. The van der Waals surface area contributed by atoms with E-state index >= 15 is 0 Å². The number of phenols is 1. The van der Waals surface area contributed by atoms with E-state index in [0.717, 1.165) is 16.7 Å². The Morgan fingerprint density at radius 3 is 2.27 bits per heavy atom. The number of aromatic hydroxyl groups is 1. The van der Waals surface area contributed by atoms with Crippen molar-refractivity contribution in [1.29, 1.82) is 0 Å². The van der Waals surface area contributed by atoms with Crippen LogP contribution in [0.5, 0.6) is 5.75 Å². The highest BCUT2D eigenvalue weighted by atomic mass is 16.3. The van der Waals surface area contributed by atoms with Crippen molar-refractivity contribution in [2.75, 3.05) is 0 Å². The highest BCUT2D eigenvalue weighted by Crippen LogP contribution is 2.31. The van der Waals surface area contributed by atoms with E-state index in [0.29, 0.717) is 12.2 Å². The van der Waals surface area contributed by atoms with Gasteiger partial charge in [-0.25, -0.2) is 0 Å². The van der Waals surface area contributed by atoms with Crippen molar-refractivity contribution < 1.29 is 10.2 Å². The molecule has 0 aromatic heterocycles. The second kappa shape index (κ2) is 4.67. The van der Waals surface area contributed by atoms with Gasteiger partial charge in [-0.2, -0.15) is 0 Å². The molecule has 0 radical (unpaired) electrons. The number of hydrogen-bond donors (Lipinski definition) is 2. The third kappa shape index (κ3) is 2.51. The van der Waals surface area contributed by atoms with Crippen molar-refractivity contribution in [3.8, 4) is 5.75 Å². The Hall–Kier alpha value is -1.02. The van der Waals surface area contributed by atoms with Gasteiger partial charge in [-0.3, -0.25) is 0 Å². The molecule has 0 fully saturated rings.